The molecule has 0 radical (unpaired) electrons. The van der Waals surface area contributed by atoms with Gasteiger partial charge >= 0.3 is 0 Å². The lowest BCUT2D eigenvalue weighted by molar-refractivity contribution is 0.275. The summed E-state index contributed by atoms with van der Waals surface area (Å²) < 4.78 is 10.9. The number of benzene rings is 1. The minimum Gasteiger partial charge on any atom is -0.493 e. The van der Waals surface area contributed by atoms with Crippen molar-refractivity contribution in [2.75, 3.05) is 47.9 Å². The molecule has 0 fully saturated rings. The molecule has 6 nitrogen and oxygen atoms in total. The van der Waals surface area contributed by atoms with Crippen molar-refractivity contribution in [3.05, 3.63) is 23.3 Å². The van der Waals surface area contributed by atoms with Crippen LogP contribution in [-0.2, 0) is 13.0 Å². The topological polar surface area (TPSA) is 49.3 Å². The van der Waals surface area contributed by atoms with Gasteiger partial charge in [0.05, 0.1) is 14.2 Å². The molecule has 148 valence electrons. The zero-order valence-electron chi connectivity index (χ0n) is 16.8. The molecule has 0 aromatic heterocycles. The summed E-state index contributed by atoms with van der Waals surface area (Å²) >= 11 is 0. The molecule has 1 aromatic rings. The third-order valence-corrected chi connectivity index (χ3v) is 4.86. The highest BCUT2D eigenvalue weighted by atomic mass is 127. The predicted octanol–water partition coefficient (Wildman–Crippen LogP) is 2.60. The van der Waals surface area contributed by atoms with Crippen LogP contribution in [0, 0.1) is 0 Å². The van der Waals surface area contributed by atoms with Crippen molar-refractivity contribution >= 4 is 29.9 Å². The lowest BCUT2D eigenvalue weighted by Crippen LogP contribution is -2.46. The standard InChI is InChI=1S/C19H32N4O2.HI/c1-14(2)22(4)10-8-21-19(20-3)23-9-7-15-11-17(24-5)18(25-6)12-16(15)13-23;/h11-12,14H,7-10,13H2,1-6H3,(H,20,21);1H. The van der Waals surface area contributed by atoms with Crippen LogP contribution < -0.4 is 14.8 Å². The van der Waals surface area contributed by atoms with Crippen molar-refractivity contribution in [1.29, 1.82) is 0 Å². The number of fused-ring (bicyclic) bond motifs is 1. The van der Waals surface area contributed by atoms with Crippen molar-refractivity contribution in [2.24, 2.45) is 4.99 Å². The highest BCUT2D eigenvalue weighted by molar-refractivity contribution is 14.0. The average molecular weight is 476 g/mol. The summed E-state index contributed by atoms with van der Waals surface area (Å²) in [5.74, 6) is 2.54. The Bertz CT molecular complexity index is 607. The first kappa shape index (κ1) is 22.8. The smallest absolute Gasteiger partial charge is 0.194 e. The van der Waals surface area contributed by atoms with Crippen molar-refractivity contribution < 1.29 is 9.47 Å². The second-order valence-corrected chi connectivity index (χ2v) is 6.70. The SMILES string of the molecule is CN=C(NCCN(C)C(C)C)N1CCc2cc(OC)c(OC)cc2C1.I. The van der Waals surface area contributed by atoms with Crippen LogP contribution >= 0.6 is 24.0 Å². The van der Waals surface area contributed by atoms with Crippen LogP contribution in [0.2, 0.25) is 0 Å². The molecule has 1 aliphatic rings. The second kappa shape index (κ2) is 10.8. The van der Waals surface area contributed by atoms with E-state index in [1.54, 1.807) is 14.2 Å². The molecule has 26 heavy (non-hydrogen) atoms. The number of hydrogen-bond acceptors (Lipinski definition) is 4. The van der Waals surface area contributed by atoms with E-state index in [9.17, 15) is 0 Å². The molecule has 0 aliphatic carbocycles. The third-order valence-electron chi connectivity index (χ3n) is 4.86. The predicted molar refractivity (Wildman–Crippen MR) is 118 cm³/mol. The summed E-state index contributed by atoms with van der Waals surface area (Å²) in [6.07, 6.45) is 0.974. The number of guanidine groups is 1. The summed E-state index contributed by atoms with van der Waals surface area (Å²) in [5.41, 5.74) is 2.59. The Morgan fingerprint density at radius 3 is 2.38 bits per heavy atom. The van der Waals surface area contributed by atoms with Gasteiger partial charge in [-0.1, -0.05) is 0 Å². The van der Waals surface area contributed by atoms with Crippen molar-refractivity contribution in [3.8, 4) is 11.5 Å². The molecular weight excluding hydrogens is 443 g/mol. The largest absolute Gasteiger partial charge is 0.493 e. The van der Waals surface area contributed by atoms with Gasteiger partial charge in [-0.2, -0.15) is 0 Å². The molecule has 0 unspecified atom stereocenters. The molecule has 1 aromatic carbocycles. The number of likely N-dealkylation sites (N-methyl/N-ethyl adjacent to an activating group) is 1. The van der Waals surface area contributed by atoms with E-state index in [4.69, 9.17) is 9.47 Å². The quantitative estimate of drug-likeness (QED) is 0.389. The van der Waals surface area contributed by atoms with Crippen LogP contribution in [-0.4, -0.2) is 69.8 Å². The summed E-state index contributed by atoms with van der Waals surface area (Å²) in [6.45, 7) is 8.07. The van der Waals surface area contributed by atoms with Crippen molar-refractivity contribution in [3.63, 3.8) is 0 Å². The highest BCUT2D eigenvalue weighted by Gasteiger charge is 2.21. The molecule has 0 spiro atoms. The number of ether oxygens (including phenoxy) is 2. The van der Waals surface area contributed by atoms with Gasteiger partial charge in [0.2, 0.25) is 0 Å². The number of hydrogen-bond donors (Lipinski definition) is 1. The van der Waals surface area contributed by atoms with Crippen molar-refractivity contribution in [2.45, 2.75) is 32.9 Å². The Morgan fingerprint density at radius 1 is 1.23 bits per heavy atom. The monoisotopic (exact) mass is 476 g/mol. The maximum absolute atomic E-state index is 5.44. The Kier molecular flexibility index (Phi) is 9.49. The van der Waals surface area contributed by atoms with E-state index in [-0.39, 0.29) is 24.0 Å². The fourth-order valence-corrected chi connectivity index (χ4v) is 3.00. The van der Waals surface area contributed by atoms with E-state index in [0.29, 0.717) is 6.04 Å². The zero-order chi connectivity index (χ0) is 18.4. The average Bonchev–Trinajstić information content (AvgIpc) is 2.63. The maximum atomic E-state index is 5.44. The molecule has 0 saturated carbocycles. The minimum atomic E-state index is 0. The third kappa shape index (κ3) is 5.64. The highest BCUT2D eigenvalue weighted by Crippen LogP contribution is 2.33. The van der Waals surface area contributed by atoms with Crippen LogP contribution in [0.4, 0.5) is 0 Å². The van der Waals surface area contributed by atoms with Crippen LogP contribution in [0.1, 0.15) is 25.0 Å². The molecule has 0 bridgehead atoms. The Labute approximate surface area is 175 Å². The number of nitrogens with one attached hydrogen (secondary N) is 1. The van der Waals surface area contributed by atoms with Gasteiger partial charge in [-0.25, -0.2) is 0 Å². The maximum Gasteiger partial charge on any atom is 0.194 e. The second-order valence-electron chi connectivity index (χ2n) is 6.70. The van der Waals surface area contributed by atoms with Gasteiger partial charge < -0.3 is 24.6 Å². The van der Waals surface area contributed by atoms with Gasteiger partial charge in [0.15, 0.2) is 17.5 Å². The molecular formula is C19H33IN4O2. The van der Waals surface area contributed by atoms with Crippen LogP contribution in [0.25, 0.3) is 0 Å². The van der Waals surface area contributed by atoms with Gasteiger partial charge in [-0.3, -0.25) is 4.99 Å². The Hall–Kier alpha value is -1.22. The van der Waals surface area contributed by atoms with Crippen LogP contribution in [0.3, 0.4) is 0 Å². The number of rotatable bonds is 6. The molecule has 1 N–H and O–H groups in total. The first-order chi connectivity index (χ1) is 12.0. The number of methoxy groups -OCH3 is 2. The van der Waals surface area contributed by atoms with E-state index >= 15 is 0 Å². The Morgan fingerprint density at radius 2 is 1.85 bits per heavy atom. The molecule has 7 heteroatoms. The number of nitrogens with zero attached hydrogens (tertiary/aromatic N) is 3. The van der Waals surface area contributed by atoms with E-state index < -0.39 is 0 Å². The fraction of sp³-hybridized carbons (Fsp3) is 0.632. The van der Waals surface area contributed by atoms with E-state index in [1.807, 2.05) is 7.05 Å². The van der Waals surface area contributed by atoms with Crippen LogP contribution in [0.5, 0.6) is 11.5 Å². The Balaban J connectivity index is 0.00000338. The lowest BCUT2D eigenvalue weighted by Gasteiger charge is -2.32. The normalized spacial score (nSPS) is 14.2. The summed E-state index contributed by atoms with van der Waals surface area (Å²) in [7, 11) is 7.35. The van der Waals surface area contributed by atoms with Crippen molar-refractivity contribution in [1.82, 2.24) is 15.1 Å². The first-order valence-electron chi connectivity index (χ1n) is 8.89. The summed E-state index contributed by atoms with van der Waals surface area (Å²) in [4.78, 5) is 9.08. The summed E-state index contributed by atoms with van der Waals surface area (Å²) in [6, 6.07) is 4.73. The molecule has 0 saturated heterocycles. The molecule has 2 rings (SSSR count). The van der Waals surface area contributed by atoms with Gasteiger partial charge in [0.25, 0.3) is 0 Å². The molecule has 0 amide bonds. The van der Waals surface area contributed by atoms with E-state index in [0.717, 1.165) is 50.1 Å². The lowest BCUT2D eigenvalue weighted by atomic mass is 9.99. The van der Waals surface area contributed by atoms with Gasteiger partial charge in [0, 0.05) is 39.3 Å². The van der Waals surface area contributed by atoms with E-state index in [2.05, 4.69) is 53.1 Å². The number of halogens is 1. The fourth-order valence-electron chi connectivity index (χ4n) is 3.00. The molecule has 1 aliphatic heterocycles. The molecule has 0 atom stereocenters. The van der Waals surface area contributed by atoms with Gasteiger partial charge in [-0.15, -0.1) is 24.0 Å². The first-order valence-corrected chi connectivity index (χ1v) is 8.89. The van der Waals surface area contributed by atoms with Crippen LogP contribution in [0.15, 0.2) is 17.1 Å². The zero-order valence-corrected chi connectivity index (χ0v) is 19.2. The van der Waals surface area contributed by atoms with Gasteiger partial charge in [-0.05, 0) is 50.6 Å². The van der Waals surface area contributed by atoms with E-state index in [1.165, 1.54) is 11.1 Å². The molecule has 1 heterocycles. The number of aliphatic imine (C=N–C) groups is 1. The summed E-state index contributed by atoms with van der Waals surface area (Å²) in [5, 5.41) is 3.49. The van der Waals surface area contributed by atoms with Gasteiger partial charge in [0.1, 0.15) is 0 Å². The minimum absolute atomic E-state index is 0.